The van der Waals surface area contributed by atoms with E-state index in [1.807, 2.05) is 37.7 Å². The van der Waals surface area contributed by atoms with Crippen LogP contribution in [0.3, 0.4) is 0 Å². The van der Waals surface area contributed by atoms with Gasteiger partial charge in [-0.25, -0.2) is 0 Å². The number of carbonyl (C=O) groups is 1. The summed E-state index contributed by atoms with van der Waals surface area (Å²) in [6.45, 7) is 8.24. The lowest BCUT2D eigenvalue weighted by Gasteiger charge is -2.11. The third-order valence-corrected chi connectivity index (χ3v) is 3.91. The van der Waals surface area contributed by atoms with Crippen LogP contribution in [-0.2, 0) is 0 Å². The van der Waals surface area contributed by atoms with Crippen LogP contribution in [0, 0.1) is 13.8 Å². The molecule has 0 fully saturated rings. The molecule has 0 N–H and O–H groups in total. The number of ketones is 1. The first-order valence-corrected chi connectivity index (χ1v) is 7.30. The summed E-state index contributed by atoms with van der Waals surface area (Å²) in [7, 11) is 1.65. The molecule has 100 valence electrons. The lowest BCUT2D eigenvalue weighted by molar-refractivity contribution is 0.0988. The highest BCUT2D eigenvalue weighted by molar-refractivity contribution is 7.99. The van der Waals surface area contributed by atoms with Gasteiger partial charge in [0, 0.05) is 17.7 Å². The Bertz CT molecular complexity index is 401. The Morgan fingerprint density at radius 3 is 2.28 bits per heavy atom. The lowest BCUT2D eigenvalue weighted by atomic mass is 9.97. The van der Waals surface area contributed by atoms with Crippen LogP contribution < -0.4 is 4.74 Å². The van der Waals surface area contributed by atoms with Crippen LogP contribution in [0.1, 0.15) is 41.8 Å². The molecule has 0 amide bonds. The van der Waals surface area contributed by atoms with Crippen molar-refractivity contribution in [2.75, 3.05) is 12.9 Å². The van der Waals surface area contributed by atoms with Gasteiger partial charge in [-0.1, -0.05) is 13.8 Å². The van der Waals surface area contributed by atoms with Crippen molar-refractivity contribution >= 4 is 17.5 Å². The van der Waals surface area contributed by atoms with Gasteiger partial charge >= 0.3 is 0 Å². The molecule has 0 radical (unpaired) electrons. The predicted octanol–water partition coefficient (Wildman–Crippen LogP) is 4.03. The number of aryl methyl sites for hydroxylation is 2. The molecule has 0 aliphatic heterocycles. The second kappa shape index (κ2) is 6.83. The highest BCUT2D eigenvalue weighted by atomic mass is 32.2. The van der Waals surface area contributed by atoms with Crippen molar-refractivity contribution in [3.8, 4) is 5.75 Å². The largest absolute Gasteiger partial charge is 0.497 e. The van der Waals surface area contributed by atoms with Crippen molar-refractivity contribution in [3.63, 3.8) is 0 Å². The molecular formula is C15H22O2S. The molecule has 0 saturated heterocycles. The summed E-state index contributed by atoms with van der Waals surface area (Å²) in [4.78, 5) is 12.2. The molecule has 0 aliphatic carbocycles. The SMILES string of the molecule is COc1cc(C)c(C(=O)CCSC(C)C)c(C)c1. The molecule has 1 aromatic carbocycles. The summed E-state index contributed by atoms with van der Waals surface area (Å²) in [6, 6.07) is 3.85. The molecule has 0 unspecified atom stereocenters. The van der Waals surface area contributed by atoms with Gasteiger partial charge < -0.3 is 4.74 Å². The number of thioether (sulfide) groups is 1. The minimum Gasteiger partial charge on any atom is -0.497 e. The van der Waals surface area contributed by atoms with E-state index in [2.05, 4.69) is 13.8 Å². The first kappa shape index (κ1) is 15.1. The number of Topliss-reactive ketones (excluding diaryl/α,β-unsaturated/α-hetero) is 1. The Hall–Kier alpha value is -0.960. The molecule has 0 atom stereocenters. The Kier molecular flexibility index (Phi) is 5.73. The van der Waals surface area contributed by atoms with Crippen LogP contribution in [-0.4, -0.2) is 23.9 Å². The molecular weight excluding hydrogens is 244 g/mol. The first-order chi connectivity index (χ1) is 8.45. The van der Waals surface area contributed by atoms with Gasteiger partial charge in [0.1, 0.15) is 5.75 Å². The molecule has 0 heterocycles. The molecule has 18 heavy (non-hydrogen) atoms. The smallest absolute Gasteiger partial charge is 0.164 e. The number of benzene rings is 1. The number of carbonyl (C=O) groups excluding carboxylic acids is 1. The Morgan fingerprint density at radius 1 is 1.28 bits per heavy atom. The number of ether oxygens (including phenoxy) is 1. The van der Waals surface area contributed by atoms with E-state index >= 15 is 0 Å². The van der Waals surface area contributed by atoms with Crippen molar-refractivity contribution in [2.24, 2.45) is 0 Å². The average Bonchev–Trinajstić information content (AvgIpc) is 2.27. The summed E-state index contributed by atoms with van der Waals surface area (Å²) >= 11 is 1.83. The summed E-state index contributed by atoms with van der Waals surface area (Å²) in [5, 5.41) is 0.580. The Morgan fingerprint density at radius 2 is 1.83 bits per heavy atom. The van der Waals surface area contributed by atoms with Crippen LogP contribution in [0.25, 0.3) is 0 Å². The zero-order chi connectivity index (χ0) is 13.7. The third kappa shape index (κ3) is 4.05. The van der Waals surface area contributed by atoms with E-state index in [0.717, 1.165) is 28.2 Å². The van der Waals surface area contributed by atoms with Gasteiger partial charge in [0.05, 0.1) is 7.11 Å². The molecule has 1 rings (SSSR count). The normalized spacial score (nSPS) is 10.8. The van der Waals surface area contributed by atoms with Crippen LogP contribution >= 0.6 is 11.8 Å². The topological polar surface area (TPSA) is 26.3 Å². The molecule has 1 aromatic rings. The summed E-state index contributed by atoms with van der Waals surface area (Å²) in [6.07, 6.45) is 0.608. The standard InChI is InChI=1S/C15H22O2S/c1-10(2)18-7-6-14(16)15-11(3)8-13(17-5)9-12(15)4/h8-10H,6-7H2,1-5H3. The number of rotatable bonds is 6. The number of methoxy groups -OCH3 is 1. The highest BCUT2D eigenvalue weighted by Gasteiger charge is 2.13. The predicted molar refractivity (Wildman–Crippen MR) is 79.0 cm³/mol. The molecule has 2 nitrogen and oxygen atoms in total. The van der Waals surface area contributed by atoms with E-state index in [1.165, 1.54) is 0 Å². The third-order valence-electron chi connectivity index (χ3n) is 2.80. The van der Waals surface area contributed by atoms with E-state index in [9.17, 15) is 4.79 Å². The number of hydrogen-bond acceptors (Lipinski definition) is 3. The van der Waals surface area contributed by atoms with Crippen LogP contribution in [0.5, 0.6) is 5.75 Å². The zero-order valence-electron chi connectivity index (χ0n) is 11.9. The minimum absolute atomic E-state index is 0.237. The van der Waals surface area contributed by atoms with E-state index in [0.29, 0.717) is 11.7 Å². The Balaban J connectivity index is 2.79. The Labute approximate surface area is 114 Å². The van der Waals surface area contributed by atoms with E-state index in [4.69, 9.17) is 4.74 Å². The average molecular weight is 266 g/mol. The van der Waals surface area contributed by atoms with Crippen molar-refractivity contribution in [1.82, 2.24) is 0 Å². The second-order valence-corrected chi connectivity index (χ2v) is 6.41. The lowest BCUT2D eigenvalue weighted by Crippen LogP contribution is -2.07. The van der Waals surface area contributed by atoms with Crippen LogP contribution in [0.15, 0.2) is 12.1 Å². The highest BCUT2D eigenvalue weighted by Crippen LogP contribution is 2.23. The van der Waals surface area contributed by atoms with E-state index in [-0.39, 0.29) is 5.78 Å². The van der Waals surface area contributed by atoms with Crippen molar-refractivity contribution < 1.29 is 9.53 Å². The summed E-state index contributed by atoms with van der Waals surface area (Å²) < 4.78 is 5.21. The van der Waals surface area contributed by atoms with Gasteiger partial charge in [-0.15, -0.1) is 0 Å². The van der Waals surface area contributed by atoms with Crippen LogP contribution in [0.4, 0.5) is 0 Å². The molecule has 0 spiro atoms. The van der Waals surface area contributed by atoms with E-state index in [1.54, 1.807) is 7.11 Å². The summed E-state index contributed by atoms with van der Waals surface area (Å²) in [5.74, 6) is 1.94. The summed E-state index contributed by atoms with van der Waals surface area (Å²) in [5.41, 5.74) is 2.87. The maximum absolute atomic E-state index is 12.2. The number of hydrogen-bond donors (Lipinski definition) is 0. The molecule has 0 saturated carbocycles. The zero-order valence-corrected chi connectivity index (χ0v) is 12.7. The minimum atomic E-state index is 0.237. The fourth-order valence-electron chi connectivity index (χ4n) is 1.99. The monoisotopic (exact) mass is 266 g/mol. The van der Waals surface area contributed by atoms with Crippen molar-refractivity contribution in [2.45, 2.75) is 39.4 Å². The van der Waals surface area contributed by atoms with Gasteiger partial charge in [0.15, 0.2) is 5.78 Å². The first-order valence-electron chi connectivity index (χ1n) is 6.25. The van der Waals surface area contributed by atoms with Gasteiger partial charge in [-0.2, -0.15) is 11.8 Å². The fourth-order valence-corrected chi connectivity index (χ4v) is 2.77. The van der Waals surface area contributed by atoms with Crippen molar-refractivity contribution in [1.29, 1.82) is 0 Å². The molecule has 0 aromatic heterocycles. The maximum atomic E-state index is 12.2. The fraction of sp³-hybridized carbons (Fsp3) is 0.533. The van der Waals surface area contributed by atoms with Gasteiger partial charge in [-0.3, -0.25) is 4.79 Å². The molecule has 0 bridgehead atoms. The van der Waals surface area contributed by atoms with Gasteiger partial charge in [0.2, 0.25) is 0 Å². The van der Waals surface area contributed by atoms with Gasteiger partial charge in [0.25, 0.3) is 0 Å². The van der Waals surface area contributed by atoms with Crippen LogP contribution in [0.2, 0.25) is 0 Å². The molecule has 3 heteroatoms. The maximum Gasteiger partial charge on any atom is 0.164 e. The second-order valence-electron chi connectivity index (χ2n) is 4.73. The van der Waals surface area contributed by atoms with E-state index < -0.39 is 0 Å². The van der Waals surface area contributed by atoms with Gasteiger partial charge in [-0.05, 0) is 42.4 Å². The quantitative estimate of drug-likeness (QED) is 0.727. The van der Waals surface area contributed by atoms with Crippen molar-refractivity contribution in [3.05, 3.63) is 28.8 Å². The molecule has 0 aliphatic rings.